The molecule has 0 unspecified atom stereocenters. The van der Waals surface area contributed by atoms with E-state index in [9.17, 15) is 0 Å². The van der Waals surface area contributed by atoms with Crippen molar-refractivity contribution in [3.63, 3.8) is 0 Å². The summed E-state index contributed by atoms with van der Waals surface area (Å²) in [6.07, 6.45) is 1.05. The number of hydrazone groups is 1. The number of aromatic nitrogens is 1. The molecule has 0 saturated heterocycles. The van der Waals surface area contributed by atoms with Gasteiger partial charge in [0.25, 0.3) is 0 Å². The molecule has 2 aromatic rings. The summed E-state index contributed by atoms with van der Waals surface area (Å²) in [6.45, 7) is 8.63. The topological polar surface area (TPSA) is 32.9 Å². The second-order valence-corrected chi connectivity index (χ2v) is 7.43. The van der Waals surface area contributed by atoms with E-state index in [2.05, 4.69) is 62.6 Å². The molecule has 25 heavy (non-hydrogen) atoms. The fourth-order valence-electron chi connectivity index (χ4n) is 3.04. The zero-order chi connectivity index (χ0) is 18.0. The molecule has 1 atom stereocenters. The van der Waals surface area contributed by atoms with Gasteiger partial charge in [0, 0.05) is 41.5 Å². The van der Waals surface area contributed by atoms with Crippen molar-refractivity contribution in [2.75, 3.05) is 12.8 Å². The van der Waals surface area contributed by atoms with Crippen molar-refractivity contribution < 1.29 is 0 Å². The zero-order valence-electron chi connectivity index (χ0n) is 15.7. The molecule has 5 heteroatoms. The lowest BCUT2D eigenvalue weighted by Gasteiger charge is -2.23. The average Bonchev–Trinajstić information content (AvgIpc) is 2.91. The first-order valence-corrected chi connectivity index (χ1v) is 9.76. The largest absolute Gasteiger partial charge is 0.318 e. The minimum atomic E-state index is 0.338. The molecule has 2 heterocycles. The van der Waals surface area contributed by atoms with Crippen LogP contribution in [0.5, 0.6) is 0 Å². The number of amidine groups is 1. The van der Waals surface area contributed by atoms with E-state index in [1.165, 1.54) is 22.6 Å². The summed E-state index contributed by atoms with van der Waals surface area (Å²) in [5.41, 5.74) is 6.00. The van der Waals surface area contributed by atoms with Crippen LogP contribution in [0.3, 0.4) is 0 Å². The van der Waals surface area contributed by atoms with Crippen molar-refractivity contribution in [1.29, 1.82) is 0 Å². The lowest BCUT2D eigenvalue weighted by atomic mass is 10.1. The molecule has 1 aromatic carbocycles. The van der Waals surface area contributed by atoms with Crippen LogP contribution in [0.4, 0.5) is 0 Å². The first kappa shape index (κ1) is 17.8. The van der Waals surface area contributed by atoms with Gasteiger partial charge in [-0.1, -0.05) is 36.9 Å². The minimum Gasteiger partial charge on any atom is -0.318 e. The van der Waals surface area contributed by atoms with Gasteiger partial charge in [-0.25, -0.2) is 5.01 Å². The summed E-state index contributed by atoms with van der Waals surface area (Å²) in [4.78, 5) is 4.75. The maximum Gasteiger partial charge on any atom is 0.180 e. The second kappa shape index (κ2) is 7.48. The summed E-state index contributed by atoms with van der Waals surface area (Å²) in [5, 5.41) is 7.75. The van der Waals surface area contributed by atoms with Crippen molar-refractivity contribution in [2.24, 2.45) is 10.1 Å². The Morgan fingerprint density at radius 3 is 2.60 bits per heavy atom. The highest BCUT2D eigenvalue weighted by Gasteiger charge is 2.22. The molecule has 1 aromatic heterocycles. The lowest BCUT2D eigenvalue weighted by molar-refractivity contribution is 0.543. The molecule has 0 spiro atoms. The number of hydrogen-bond donors (Lipinski definition) is 0. The Kier molecular flexibility index (Phi) is 5.33. The van der Waals surface area contributed by atoms with Gasteiger partial charge in [0.2, 0.25) is 0 Å². The van der Waals surface area contributed by atoms with E-state index in [4.69, 9.17) is 10.1 Å². The number of benzene rings is 1. The van der Waals surface area contributed by atoms with E-state index in [1.807, 2.05) is 18.1 Å². The van der Waals surface area contributed by atoms with Crippen molar-refractivity contribution in [3.05, 3.63) is 53.3 Å². The predicted octanol–water partition coefficient (Wildman–Crippen LogP) is 4.63. The van der Waals surface area contributed by atoms with Crippen LogP contribution in [0.2, 0.25) is 0 Å². The minimum absolute atomic E-state index is 0.338. The molecule has 132 valence electrons. The molecule has 0 N–H and O–H groups in total. The number of aryl methyl sites for hydroxylation is 1. The van der Waals surface area contributed by atoms with Crippen LogP contribution < -0.4 is 0 Å². The van der Waals surface area contributed by atoms with Gasteiger partial charge in [-0.2, -0.15) is 5.10 Å². The molecule has 0 amide bonds. The lowest BCUT2D eigenvalue weighted by Crippen LogP contribution is -2.29. The van der Waals surface area contributed by atoms with E-state index in [-0.39, 0.29) is 0 Å². The monoisotopic (exact) mass is 354 g/mol. The smallest absolute Gasteiger partial charge is 0.180 e. The van der Waals surface area contributed by atoms with Gasteiger partial charge in [0.05, 0.1) is 5.71 Å². The fourth-order valence-corrected chi connectivity index (χ4v) is 4.00. The highest BCUT2D eigenvalue weighted by molar-refractivity contribution is 8.14. The number of rotatable bonds is 4. The number of aliphatic imine (C=N–C) groups is 1. The summed E-state index contributed by atoms with van der Waals surface area (Å²) >= 11 is 1.77. The van der Waals surface area contributed by atoms with Crippen molar-refractivity contribution >= 4 is 22.6 Å². The van der Waals surface area contributed by atoms with Crippen LogP contribution in [0.15, 0.2) is 46.5 Å². The second-order valence-electron chi connectivity index (χ2n) is 6.48. The van der Waals surface area contributed by atoms with Crippen molar-refractivity contribution in [1.82, 2.24) is 9.58 Å². The molecule has 3 rings (SSSR count). The van der Waals surface area contributed by atoms with E-state index in [0.29, 0.717) is 6.04 Å². The number of para-hydroxylation sites is 1. The summed E-state index contributed by atoms with van der Waals surface area (Å²) in [6, 6.07) is 13.1. The summed E-state index contributed by atoms with van der Waals surface area (Å²) in [5.74, 6) is 0.860. The van der Waals surface area contributed by atoms with Crippen LogP contribution in [0.1, 0.15) is 37.2 Å². The quantitative estimate of drug-likeness (QED) is 0.802. The van der Waals surface area contributed by atoms with Gasteiger partial charge < -0.3 is 4.57 Å². The third-order valence-corrected chi connectivity index (χ3v) is 5.61. The van der Waals surface area contributed by atoms with Crippen LogP contribution in [0.25, 0.3) is 5.69 Å². The normalized spacial score (nSPS) is 17.7. The Morgan fingerprint density at radius 1 is 1.24 bits per heavy atom. The SMILES string of the molecule is CC[C@H](C)N=C1SCC(c2cc(C)n(-c3ccccc3)c2C)=NN1C. The highest BCUT2D eigenvalue weighted by Crippen LogP contribution is 2.26. The van der Waals surface area contributed by atoms with E-state index < -0.39 is 0 Å². The van der Waals surface area contributed by atoms with Crippen molar-refractivity contribution in [3.8, 4) is 5.69 Å². The van der Waals surface area contributed by atoms with Crippen LogP contribution in [-0.4, -0.2) is 39.3 Å². The Morgan fingerprint density at radius 2 is 1.96 bits per heavy atom. The molecule has 1 aliphatic rings. The Balaban J connectivity index is 1.94. The third kappa shape index (κ3) is 3.66. The molecule has 0 radical (unpaired) electrons. The Hall–Kier alpha value is -2.01. The fraction of sp³-hybridized carbons (Fsp3) is 0.400. The standard InChI is InChI=1S/C20H26N4S/c1-6-14(2)21-20-23(5)22-19(13-25-20)18-12-15(3)24(16(18)4)17-10-8-7-9-11-17/h7-12,14H,6,13H2,1-5H3/t14-/m0/s1. The molecule has 4 nitrogen and oxygen atoms in total. The van der Waals surface area contributed by atoms with Crippen LogP contribution in [-0.2, 0) is 0 Å². The number of nitrogens with zero attached hydrogens (tertiary/aromatic N) is 4. The highest BCUT2D eigenvalue weighted by atomic mass is 32.2. The molecular weight excluding hydrogens is 328 g/mol. The van der Waals surface area contributed by atoms with Gasteiger partial charge in [0.15, 0.2) is 5.17 Å². The van der Waals surface area contributed by atoms with Gasteiger partial charge in [-0.3, -0.25) is 4.99 Å². The zero-order valence-corrected chi connectivity index (χ0v) is 16.5. The van der Waals surface area contributed by atoms with Crippen LogP contribution >= 0.6 is 11.8 Å². The van der Waals surface area contributed by atoms with E-state index >= 15 is 0 Å². The van der Waals surface area contributed by atoms with Crippen molar-refractivity contribution in [2.45, 2.75) is 40.2 Å². The van der Waals surface area contributed by atoms with Crippen LogP contribution in [0, 0.1) is 13.8 Å². The van der Waals surface area contributed by atoms with E-state index in [1.54, 1.807) is 11.8 Å². The Bertz CT molecular complexity index is 805. The molecule has 0 fully saturated rings. The molecule has 0 bridgehead atoms. The molecule has 1 aliphatic heterocycles. The van der Waals surface area contributed by atoms with E-state index in [0.717, 1.165) is 23.1 Å². The first-order chi connectivity index (χ1) is 12.0. The number of hydrogen-bond acceptors (Lipinski definition) is 3. The average molecular weight is 355 g/mol. The predicted molar refractivity (Wildman–Crippen MR) is 109 cm³/mol. The summed E-state index contributed by atoms with van der Waals surface area (Å²) in [7, 11) is 1.99. The Labute approximate surface area is 154 Å². The van der Waals surface area contributed by atoms with Gasteiger partial charge in [-0.15, -0.1) is 0 Å². The molecular formula is C20H26N4S. The maximum atomic E-state index is 4.82. The summed E-state index contributed by atoms with van der Waals surface area (Å²) < 4.78 is 2.30. The van der Waals surface area contributed by atoms with Gasteiger partial charge >= 0.3 is 0 Å². The third-order valence-electron chi connectivity index (χ3n) is 4.56. The number of thioether (sulfide) groups is 1. The molecule has 0 saturated carbocycles. The van der Waals surface area contributed by atoms with Gasteiger partial charge in [0.1, 0.15) is 0 Å². The van der Waals surface area contributed by atoms with Gasteiger partial charge in [-0.05, 0) is 45.4 Å². The molecule has 0 aliphatic carbocycles. The first-order valence-electron chi connectivity index (χ1n) is 8.77. The maximum absolute atomic E-state index is 4.82.